The van der Waals surface area contributed by atoms with E-state index in [4.69, 9.17) is 14.6 Å². The molecule has 0 saturated carbocycles. The number of rotatable bonds is 4. The van der Waals surface area contributed by atoms with Crippen molar-refractivity contribution in [1.82, 2.24) is 0 Å². The van der Waals surface area contributed by atoms with Gasteiger partial charge in [0.15, 0.2) is 5.60 Å². The summed E-state index contributed by atoms with van der Waals surface area (Å²) in [4.78, 5) is 22.4. The van der Waals surface area contributed by atoms with Crippen LogP contribution in [0.1, 0.15) is 33.6 Å². The molecule has 1 heterocycles. The van der Waals surface area contributed by atoms with Crippen LogP contribution in [0.4, 0.5) is 0 Å². The quantitative estimate of drug-likeness (QED) is 0.582. The molecule has 90 valence electrons. The minimum absolute atomic E-state index is 0.227. The molecule has 16 heavy (non-hydrogen) atoms. The molecule has 0 radical (unpaired) electrons. The van der Waals surface area contributed by atoms with E-state index in [1.165, 1.54) is 0 Å². The van der Waals surface area contributed by atoms with Crippen molar-refractivity contribution in [3.8, 4) is 0 Å². The first-order valence-electron chi connectivity index (χ1n) is 5.10. The SMILES string of the molecule is CC(C)=CC[C@]1(CC(=O)O)O[C@@H](C)OC1=O. The van der Waals surface area contributed by atoms with Crippen molar-refractivity contribution >= 4 is 11.9 Å². The Kier molecular flexibility index (Phi) is 3.70. The molecule has 0 aliphatic carbocycles. The van der Waals surface area contributed by atoms with Crippen LogP contribution in [0.5, 0.6) is 0 Å². The molecule has 1 fully saturated rings. The van der Waals surface area contributed by atoms with Crippen LogP contribution < -0.4 is 0 Å². The third kappa shape index (κ3) is 2.82. The number of carbonyl (C=O) groups is 2. The Morgan fingerprint density at radius 1 is 1.56 bits per heavy atom. The Morgan fingerprint density at radius 2 is 2.19 bits per heavy atom. The first-order valence-corrected chi connectivity index (χ1v) is 5.10. The van der Waals surface area contributed by atoms with Crippen LogP contribution >= 0.6 is 0 Å². The fraction of sp³-hybridized carbons (Fsp3) is 0.636. The highest BCUT2D eigenvalue weighted by molar-refractivity contribution is 5.86. The number of hydrogen-bond acceptors (Lipinski definition) is 4. The minimum Gasteiger partial charge on any atom is -0.481 e. The average molecular weight is 228 g/mol. The van der Waals surface area contributed by atoms with Crippen LogP contribution in [0.3, 0.4) is 0 Å². The van der Waals surface area contributed by atoms with Gasteiger partial charge in [-0.25, -0.2) is 4.79 Å². The summed E-state index contributed by atoms with van der Waals surface area (Å²) in [5.41, 5.74) is -0.358. The van der Waals surface area contributed by atoms with Crippen molar-refractivity contribution in [1.29, 1.82) is 0 Å². The number of cyclic esters (lactones) is 1. The molecular formula is C11H16O5. The number of ether oxygens (including phenoxy) is 2. The molecule has 1 rings (SSSR count). The summed E-state index contributed by atoms with van der Waals surface area (Å²) < 4.78 is 10.2. The second-order valence-electron chi connectivity index (χ2n) is 4.14. The van der Waals surface area contributed by atoms with Crippen LogP contribution in [0, 0.1) is 0 Å². The first kappa shape index (κ1) is 12.7. The molecule has 0 spiro atoms. The maximum atomic E-state index is 11.6. The van der Waals surface area contributed by atoms with E-state index in [9.17, 15) is 9.59 Å². The van der Waals surface area contributed by atoms with Crippen molar-refractivity contribution in [2.75, 3.05) is 0 Å². The zero-order valence-electron chi connectivity index (χ0n) is 9.65. The van der Waals surface area contributed by atoms with Crippen molar-refractivity contribution in [3.05, 3.63) is 11.6 Å². The van der Waals surface area contributed by atoms with E-state index in [1.807, 2.05) is 13.8 Å². The van der Waals surface area contributed by atoms with Crippen LogP contribution in [0.2, 0.25) is 0 Å². The van der Waals surface area contributed by atoms with Gasteiger partial charge in [-0.3, -0.25) is 4.79 Å². The fourth-order valence-corrected chi connectivity index (χ4v) is 1.58. The molecule has 5 nitrogen and oxygen atoms in total. The number of hydrogen-bond donors (Lipinski definition) is 1. The second-order valence-corrected chi connectivity index (χ2v) is 4.14. The molecule has 2 atom stereocenters. The molecule has 0 bridgehead atoms. The van der Waals surface area contributed by atoms with Crippen molar-refractivity contribution in [3.63, 3.8) is 0 Å². The van der Waals surface area contributed by atoms with Gasteiger partial charge in [-0.05, 0) is 20.8 Å². The maximum absolute atomic E-state index is 11.6. The Labute approximate surface area is 94.0 Å². The minimum atomic E-state index is -1.36. The van der Waals surface area contributed by atoms with Crippen LogP contribution in [-0.2, 0) is 19.1 Å². The molecule has 0 aromatic carbocycles. The van der Waals surface area contributed by atoms with E-state index in [0.29, 0.717) is 0 Å². The topological polar surface area (TPSA) is 72.8 Å². The Bertz CT molecular complexity index is 329. The molecule has 1 N–H and O–H groups in total. The molecular weight excluding hydrogens is 212 g/mol. The van der Waals surface area contributed by atoms with E-state index in [1.54, 1.807) is 13.0 Å². The highest BCUT2D eigenvalue weighted by Gasteiger charge is 2.49. The van der Waals surface area contributed by atoms with Crippen LogP contribution in [0.15, 0.2) is 11.6 Å². The van der Waals surface area contributed by atoms with Crippen LogP contribution in [-0.4, -0.2) is 28.9 Å². The largest absolute Gasteiger partial charge is 0.481 e. The smallest absolute Gasteiger partial charge is 0.341 e. The van der Waals surface area contributed by atoms with Crippen LogP contribution in [0.25, 0.3) is 0 Å². The Morgan fingerprint density at radius 3 is 2.56 bits per heavy atom. The summed E-state index contributed by atoms with van der Waals surface area (Å²) in [7, 11) is 0. The number of allylic oxidation sites excluding steroid dienone is 1. The Balaban J connectivity index is 2.89. The lowest BCUT2D eigenvalue weighted by atomic mass is 9.94. The molecule has 0 amide bonds. The Hall–Kier alpha value is -1.36. The summed E-state index contributed by atoms with van der Waals surface area (Å²) in [6.07, 6.45) is 0.949. The van der Waals surface area contributed by atoms with Crippen molar-refractivity contribution in [2.24, 2.45) is 0 Å². The summed E-state index contributed by atoms with van der Waals surface area (Å²) in [6, 6.07) is 0. The van der Waals surface area contributed by atoms with Gasteiger partial charge >= 0.3 is 11.9 Å². The van der Waals surface area contributed by atoms with Gasteiger partial charge in [0.2, 0.25) is 6.29 Å². The zero-order chi connectivity index (χ0) is 12.3. The van der Waals surface area contributed by atoms with E-state index in [-0.39, 0.29) is 12.8 Å². The molecule has 0 aromatic rings. The molecule has 1 saturated heterocycles. The monoisotopic (exact) mass is 228 g/mol. The van der Waals surface area contributed by atoms with Gasteiger partial charge in [-0.1, -0.05) is 11.6 Å². The van der Waals surface area contributed by atoms with Crippen molar-refractivity contribution in [2.45, 2.75) is 45.5 Å². The number of esters is 1. The molecule has 1 aliphatic heterocycles. The number of carbonyl (C=O) groups excluding carboxylic acids is 1. The third-order valence-corrected chi connectivity index (χ3v) is 2.31. The second kappa shape index (κ2) is 4.65. The fourth-order valence-electron chi connectivity index (χ4n) is 1.58. The van der Waals surface area contributed by atoms with E-state index < -0.39 is 23.8 Å². The highest BCUT2D eigenvalue weighted by atomic mass is 16.8. The highest BCUT2D eigenvalue weighted by Crippen LogP contribution is 2.32. The predicted molar refractivity (Wildman–Crippen MR) is 55.7 cm³/mol. The molecule has 0 unspecified atom stereocenters. The number of carboxylic acids is 1. The summed E-state index contributed by atoms with van der Waals surface area (Å²) in [5.74, 6) is -1.67. The van der Waals surface area contributed by atoms with Gasteiger partial charge in [0, 0.05) is 6.42 Å². The van der Waals surface area contributed by atoms with Gasteiger partial charge in [-0.2, -0.15) is 0 Å². The lowest BCUT2D eigenvalue weighted by Crippen LogP contribution is -2.38. The normalized spacial score (nSPS) is 28.7. The van der Waals surface area contributed by atoms with Gasteiger partial charge < -0.3 is 14.6 Å². The molecule has 5 heteroatoms. The van der Waals surface area contributed by atoms with Gasteiger partial charge in [0.05, 0.1) is 6.42 Å². The van der Waals surface area contributed by atoms with Gasteiger partial charge in [0.25, 0.3) is 0 Å². The maximum Gasteiger partial charge on any atom is 0.341 e. The summed E-state index contributed by atoms with van der Waals surface area (Å²) in [6.45, 7) is 5.32. The molecule has 0 aromatic heterocycles. The van der Waals surface area contributed by atoms with Gasteiger partial charge in [0.1, 0.15) is 0 Å². The number of carboxylic acid groups (broad SMARTS) is 1. The summed E-state index contributed by atoms with van der Waals surface area (Å²) >= 11 is 0. The lowest BCUT2D eigenvalue weighted by molar-refractivity contribution is -0.152. The van der Waals surface area contributed by atoms with E-state index in [0.717, 1.165) is 5.57 Å². The third-order valence-electron chi connectivity index (χ3n) is 2.31. The lowest BCUT2D eigenvalue weighted by Gasteiger charge is -2.20. The van der Waals surface area contributed by atoms with E-state index in [2.05, 4.69) is 0 Å². The van der Waals surface area contributed by atoms with Gasteiger partial charge in [-0.15, -0.1) is 0 Å². The van der Waals surface area contributed by atoms with Crippen molar-refractivity contribution < 1.29 is 24.2 Å². The predicted octanol–water partition coefficient (Wildman–Crippen LogP) is 1.48. The average Bonchev–Trinajstić information content (AvgIpc) is 2.38. The number of aliphatic carboxylic acids is 1. The first-order chi connectivity index (χ1) is 7.35. The molecule has 1 aliphatic rings. The van der Waals surface area contributed by atoms with E-state index >= 15 is 0 Å². The zero-order valence-corrected chi connectivity index (χ0v) is 9.65. The standard InChI is InChI=1S/C11H16O5/c1-7(2)4-5-11(6-9(12)13)10(14)15-8(3)16-11/h4,8H,5-6H2,1-3H3,(H,12,13)/t8-,11+/m0/s1. The summed E-state index contributed by atoms with van der Waals surface area (Å²) in [5, 5.41) is 8.80.